The van der Waals surface area contributed by atoms with E-state index in [1.54, 1.807) is 12.4 Å². The van der Waals surface area contributed by atoms with Gasteiger partial charge in [-0.05, 0) is 49.1 Å². The van der Waals surface area contributed by atoms with E-state index in [0.29, 0.717) is 24.8 Å². The number of aryl methyl sites for hydroxylation is 1. The molecule has 1 aromatic heterocycles. The van der Waals surface area contributed by atoms with Crippen LogP contribution in [0.5, 0.6) is 11.6 Å². The summed E-state index contributed by atoms with van der Waals surface area (Å²) in [6, 6.07) is 16.3. The first kappa shape index (κ1) is 24.1. The molecule has 1 amide bonds. The average molecular weight is 488 g/mol. The van der Waals surface area contributed by atoms with Gasteiger partial charge in [-0.2, -0.15) is 0 Å². The Morgan fingerprint density at radius 1 is 1.03 bits per heavy atom. The van der Waals surface area contributed by atoms with Gasteiger partial charge in [0, 0.05) is 50.8 Å². The predicted molar refractivity (Wildman–Crippen MR) is 140 cm³/mol. The Balaban J connectivity index is 1.19. The van der Waals surface area contributed by atoms with E-state index < -0.39 is 0 Å². The zero-order valence-electron chi connectivity index (χ0n) is 20.7. The predicted octanol–water partition coefficient (Wildman–Crippen LogP) is 3.95. The van der Waals surface area contributed by atoms with E-state index in [1.165, 1.54) is 5.69 Å². The molecule has 1 N–H and O–H groups in total. The molecule has 8 nitrogen and oxygen atoms in total. The largest absolute Gasteiger partial charge is 0.436 e. The third kappa shape index (κ3) is 5.76. The number of carbonyl (C=O) groups excluding carboxylic acids is 1. The Labute approximate surface area is 212 Å². The average Bonchev–Trinajstić information content (AvgIpc) is 2.94. The summed E-state index contributed by atoms with van der Waals surface area (Å²) >= 11 is 0. The second-order valence-electron chi connectivity index (χ2n) is 9.32. The highest BCUT2D eigenvalue weighted by molar-refractivity contribution is 5.79. The number of rotatable bonds is 7. The molecule has 2 aliphatic rings. The molecule has 188 valence electrons. The molecule has 3 heterocycles. The van der Waals surface area contributed by atoms with E-state index in [1.807, 2.05) is 31.2 Å². The number of anilines is 2. The number of hydrogen-bond donors (Lipinski definition) is 1. The summed E-state index contributed by atoms with van der Waals surface area (Å²) in [7, 11) is 0. The highest BCUT2D eigenvalue weighted by atomic mass is 16.5. The van der Waals surface area contributed by atoms with Gasteiger partial charge in [-0.25, -0.2) is 9.97 Å². The van der Waals surface area contributed by atoms with Crippen LogP contribution in [0.2, 0.25) is 0 Å². The van der Waals surface area contributed by atoms with Crippen LogP contribution in [0.3, 0.4) is 0 Å². The van der Waals surface area contributed by atoms with Crippen molar-refractivity contribution in [2.75, 3.05) is 49.2 Å². The van der Waals surface area contributed by atoms with Gasteiger partial charge in [0.2, 0.25) is 5.91 Å². The first-order valence-corrected chi connectivity index (χ1v) is 12.7. The number of morpholine rings is 1. The van der Waals surface area contributed by atoms with Crippen LogP contribution in [0.25, 0.3) is 0 Å². The molecular weight excluding hydrogens is 454 g/mol. The van der Waals surface area contributed by atoms with Crippen molar-refractivity contribution in [1.29, 1.82) is 0 Å². The van der Waals surface area contributed by atoms with Crippen LogP contribution in [0, 0.1) is 12.8 Å². The second-order valence-corrected chi connectivity index (χ2v) is 9.32. The normalized spacial score (nSPS) is 18.1. The standard InChI is InChI=1S/C28H33N5O3/c1-21-5-2-3-7-25(21)36-28-26(29-12-13-30-28)33-14-4-6-23(20-33)27(34)31-19-22-8-10-24(11-9-22)32-15-17-35-18-16-32/h2-3,5,7-13,23H,4,6,14-20H2,1H3,(H,31,34)/t23-/m1/s1. The van der Waals surface area contributed by atoms with Gasteiger partial charge in [-0.3, -0.25) is 4.79 Å². The van der Waals surface area contributed by atoms with E-state index in [-0.39, 0.29) is 11.8 Å². The topological polar surface area (TPSA) is 79.8 Å². The molecule has 5 rings (SSSR count). The van der Waals surface area contributed by atoms with Crippen molar-refractivity contribution in [2.24, 2.45) is 5.92 Å². The monoisotopic (exact) mass is 487 g/mol. The fourth-order valence-corrected chi connectivity index (χ4v) is 4.75. The number of ether oxygens (including phenoxy) is 2. The van der Waals surface area contributed by atoms with Gasteiger partial charge >= 0.3 is 0 Å². The minimum atomic E-state index is -0.111. The molecule has 36 heavy (non-hydrogen) atoms. The molecule has 2 aromatic carbocycles. The van der Waals surface area contributed by atoms with Crippen LogP contribution < -0.4 is 19.9 Å². The summed E-state index contributed by atoms with van der Waals surface area (Å²) in [6.07, 6.45) is 5.07. The number of piperidine rings is 1. The molecule has 0 saturated carbocycles. The maximum Gasteiger partial charge on any atom is 0.263 e. The summed E-state index contributed by atoms with van der Waals surface area (Å²) < 4.78 is 11.6. The Kier molecular flexibility index (Phi) is 7.61. The van der Waals surface area contributed by atoms with Gasteiger partial charge in [0.05, 0.1) is 19.1 Å². The highest BCUT2D eigenvalue weighted by Crippen LogP contribution is 2.32. The molecule has 0 unspecified atom stereocenters. The lowest BCUT2D eigenvalue weighted by atomic mass is 9.97. The summed E-state index contributed by atoms with van der Waals surface area (Å²) in [5, 5.41) is 3.14. The first-order chi connectivity index (χ1) is 17.7. The summed E-state index contributed by atoms with van der Waals surface area (Å²) in [5.74, 6) is 1.86. The van der Waals surface area contributed by atoms with Crippen molar-refractivity contribution < 1.29 is 14.3 Å². The van der Waals surface area contributed by atoms with Crippen LogP contribution in [-0.4, -0.2) is 55.3 Å². The third-order valence-corrected chi connectivity index (χ3v) is 6.82. The van der Waals surface area contributed by atoms with Gasteiger partial charge in [-0.1, -0.05) is 30.3 Å². The van der Waals surface area contributed by atoms with Crippen molar-refractivity contribution in [2.45, 2.75) is 26.3 Å². The van der Waals surface area contributed by atoms with Gasteiger partial charge in [-0.15, -0.1) is 0 Å². The quantitative estimate of drug-likeness (QED) is 0.541. The molecular formula is C28H33N5O3. The molecule has 8 heteroatoms. The number of nitrogens with zero attached hydrogens (tertiary/aromatic N) is 4. The van der Waals surface area contributed by atoms with Crippen LogP contribution in [0.15, 0.2) is 60.9 Å². The molecule has 0 radical (unpaired) electrons. The van der Waals surface area contributed by atoms with Gasteiger partial charge < -0.3 is 24.6 Å². The molecule has 2 fully saturated rings. The lowest BCUT2D eigenvalue weighted by Crippen LogP contribution is -2.43. The highest BCUT2D eigenvalue weighted by Gasteiger charge is 2.28. The van der Waals surface area contributed by atoms with Crippen molar-refractivity contribution >= 4 is 17.4 Å². The van der Waals surface area contributed by atoms with Crippen molar-refractivity contribution in [3.63, 3.8) is 0 Å². The molecule has 2 aliphatic heterocycles. The molecule has 3 aromatic rings. The first-order valence-electron chi connectivity index (χ1n) is 12.7. The minimum Gasteiger partial charge on any atom is -0.436 e. The number of amides is 1. The van der Waals surface area contributed by atoms with Gasteiger partial charge in [0.15, 0.2) is 5.82 Å². The molecule has 0 aliphatic carbocycles. The van der Waals surface area contributed by atoms with E-state index >= 15 is 0 Å². The summed E-state index contributed by atoms with van der Waals surface area (Å²) in [5.41, 5.74) is 3.32. The van der Waals surface area contributed by atoms with Crippen LogP contribution >= 0.6 is 0 Å². The Morgan fingerprint density at radius 3 is 2.61 bits per heavy atom. The van der Waals surface area contributed by atoms with Crippen LogP contribution in [-0.2, 0) is 16.1 Å². The molecule has 2 saturated heterocycles. The lowest BCUT2D eigenvalue weighted by Gasteiger charge is -2.33. The Hall–Kier alpha value is -3.65. The number of aromatic nitrogens is 2. The lowest BCUT2D eigenvalue weighted by molar-refractivity contribution is -0.125. The van der Waals surface area contributed by atoms with E-state index in [4.69, 9.17) is 9.47 Å². The van der Waals surface area contributed by atoms with Gasteiger partial charge in [0.1, 0.15) is 5.75 Å². The zero-order valence-corrected chi connectivity index (χ0v) is 20.7. The minimum absolute atomic E-state index is 0.0715. The van der Waals surface area contributed by atoms with E-state index in [9.17, 15) is 4.79 Å². The number of para-hydroxylation sites is 1. The Bertz CT molecular complexity index is 1160. The van der Waals surface area contributed by atoms with Crippen LogP contribution in [0.1, 0.15) is 24.0 Å². The molecule has 0 bridgehead atoms. The smallest absolute Gasteiger partial charge is 0.263 e. The van der Waals surface area contributed by atoms with E-state index in [0.717, 1.165) is 62.6 Å². The van der Waals surface area contributed by atoms with Crippen LogP contribution in [0.4, 0.5) is 11.5 Å². The van der Waals surface area contributed by atoms with Crippen molar-refractivity contribution in [3.8, 4) is 11.6 Å². The van der Waals surface area contributed by atoms with Crippen molar-refractivity contribution in [3.05, 3.63) is 72.1 Å². The zero-order chi connectivity index (χ0) is 24.7. The Morgan fingerprint density at radius 2 is 1.81 bits per heavy atom. The fourth-order valence-electron chi connectivity index (χ4n) is 4.75. The molecule has 1 atom stereocenters. The number of carbonyl (C=O) groups is 1. The van der Waals surface area contributed by atoms with Gasteiger partial charge in [0.25, 0.3) is 5.88 Å². The van der Waals surface area contributed by atoms with Crippen molar-refractivity contribution in [1.82, 2.24) is 15.3 Å². The summed E-state index contributed by atoms with van der Waals surface area (Å²) in [4.78, 5) is 26.5. The molecule has 0 spiro atoms. The maximum absolute atomic E-state index is 13.1. The summed E-state index contributed by atoms with van der Waals surface area (Å²) in [6.45, 7) is 7.29. The maximum atomic E-state index is 13.1. The SMILES string of the molecule is Cc1ccccc1Oc1nccnc1N1CCC[C@@H](C(=O)NCc2ccc(N3CCOCC3)cc2)C1. The number of hydrogen-bond acceptors (Lipinski definition) is 7. The number of benzene rings is 2. The third-order valence-electron chi connectivity index (χ3n) is 6.82. The van der Waals surface area contributed by atoms with E-state index in [2.05, 4.69) is 49.4 Å². The second kappa shape index (κ2) is 11.4. The number of nitrogens with one attached hydrogen (secondary N) is 1. The fraction of sp³-hybridized carbons (Fsp3) is 0.393.